The Bertz CT molecular complexity index is 450. The van der Waals surface area contributed by atoms with E-state index in [1.54, 1.807) is 11.9 Å². The van der Waals surface area contributed by atoms with Crippen LogP contribution < -0.4 is 10.6 Å². The molecule has 0 saturated heterocycles. The van der Waals surface area contributed by atoms with Crippen LogP contribution in [-0.4, -0.2) is 47.5 Å². The fourth-order valence-corrected chi connectivity index (χ4v) is 1.74. The second-order valence-corrected chi connectivity index (χ2v) is 4.99. The molecule has 118 valence electrons. The Balaban J connectivity index is 2.74. The zero-order valence-corrected chi connectivity index (χ0v) is 13.6. The van der Waals surface area contributed by atoms with Crippen molar-refractivity contribution in [1.82, 2.24) is 14.9 Å². The van der Waals surface area contributed by atoms with E-state index < -0.39 is 0 Å². The van der Waals surface area contributed by atoms with Gasteiger partial charge in [-0.1, -0.05) is 13.8 Å². The van der Waals surface area contributed by atoms with Crippen molar-refractivity contribution in [3.63, 3.8) is 0 Å². The Hall–Kier alpha value is -1.85. The number of aryl methyl sites for hydroxylation is 1. The molecule has 21 heavy (non-hydrogen) atoms. The van der Waals surface area contributed by atoms with Gasteiger partial charge >= 0.3 is 0 Å². The van der Waals surface area contributed by atoms with Gasteiger partial charge in [-0.3, -0.25) is 4.79 Å². The number of hydrogen-bond donors (Lipinski definition) is 2. The van der Waals surface area contributed by atoms with Crippen LogP contribution in [0.5, 0.6) is 0 Å². The number of aromatic nitrogens is 2. The van der Waals surface area contributed by atoms with Crippen molar-refractivity contribution < 1.29 is 4.79 Å². The monoisotopic (exact) mass is 293 g/mol. The van der Waals surface area contributed by atoms with Crippen molar-refractivity contribution in [2.75, 3.05) is 37.3 Å². The number of hydrogen-bond acceptors (Lipinski definition) is 5. The van der Waals surface area contributed by atoms with Crippen molar-refractivity contribution in [3.05, 3.63) is 11.9 Å². The molecule has 0 radical (unpaired) electrons. The summed E-state index contributed by atoms with van der Waals surface area (Å²) in [6.45, 7) is 7.99. The molecule has 1 rings (SSSR count). The summed E-state index contributed by atoms with van der Waals surface area (Å²) in [5.74, 6) is 2.37. The van der Waals surface area contributed by atoms with Gasteiger partial charge in [0.25, 0.3) is 0 Å². The van der Waals surface area contributed by atoms with Crippen LogP contribution >= 0.6 is 0 Å². The maximum atomic E-state index is 11.8. The maximum absolute atomic E-state index is 11.8. The summed E-state index contributed by atoms with van der Waals surface area (Å²) in [5.41, 5.74) is 0. The van der Waals surface area contributed by atoms with E-state index in [1.807, 2.05) is 13.0 Å². The molecule has 1 heterocycles. The molecule has 2 N–H and O–H groups in total. The molecule has 1 aromatic rings. The number of carbonyl (C=O) groups is 1. The van der Waals surface area contributed by atoms with Crippen molar-refractivity contribution >= 4 is 17.5 Å². The molecule has 0 atom stereocenters. The largest absolute Gasteiger partial charge is 0.370 e. The zero-order chi connectivity index (χ0) is 15.7. The summed E-state index contributed by atoms with van der Waals surface area (Å²) < 4.78 is 0. The first-order chi connectivity index (χ1) is 10.1. The molecule has 6 nitrogen and oxygen atoms in total. The molecule has 1 amide bonds. The SMILES string of the molecule is CCCNc1cc(NCC(=O)N(C)CC)nc(CCC)n1. The van der Waals surface area contributed by atoms with Gasteiger partial charge in [0.2, 0.25) is 5.91 Å². The van der Waals surface area contributed by atoms with Crippen LogP contribution in [0.2, 0.25) is 0 Å². The molecule has 6 heteroatoms. The lowest BCUT2D eigenvalue weighted by Crippen LogP contribution is -2.32. The van der Waals surface area contributed by atoms with E-state index in [-0.39, 0.29) is 12.5 Å². The van der Waals surface area contributed by atoms with Crippen LogP contribution in [0.4, 0.5) is 11.6 Å². The highest BCUT2D eigenvalue weighted by Gasteiger charge is 2.08. The topological polar surface area (TPSA) is 70.2 Å². The van der Waals surface area contributed by atoms with E-state index in [0.29, 0.717) is 12.4 Å². The molecule has 0 aliphatic carbocycles. The summed E-state index contributed by atoms with van der Waals surface area (Å²) >= 11 is 0. The lowest BCUT2D eigenvalue weighted by atomic mass is 10.3. The third-order valence-electron chi connectivity index (χ3n) is 3.12. The molecule has 0 aliphatic rings. The number of rotatable bonds is 9. The lowest BCUT2D eigenvalue weighted by molar-refractivity contribution is -0.127. The van der Waals surface area contributed by atoms with E-state index in [4.69, 9.17) is 0 Å². The summed E-state index contributed by atoms with van der Waals surface area (Å²) in [4.78, 5) is 22.4. The minimum absolute atomic E-state index is 0.0521. The Morgan fingerprint density at radius 3 is 2.38 bits per heavy atom. The molecule has 0 unspecified atom stereocenters. The van der Waals surface area contributed by atoms with Gasteiger partial charge in [-0.05, 0) is 19.8 Å². The molecular formula is C15H27N5O. The zero-order valence-electron chi connectivity index (χ0n) is 13.6. The minimum atomic E-state index is 0.0521. The first-order valence-corrected chi connectivity index (χ1v) is 7.70. The Morgan fingerprint density at radius 1 is 1.14 bits per heavy atom. The Labute approximate surface area is 127 Å². The first kappa shape index (κ1) is 17.2. The molecule has 0 bridgehead atoms. The van der Waals surface area contributed by atoms with Crippen LogP contribution in [-0.2, 0) is 11.2 Å². The number of likely N-dealkylation sites (N-methyl/N-ethyl adjacent to an activating group) is 1. The third kappa shape index (κ3) is 5.97. The summed E-state index contributed by atoms with van der Waals surface area (Å²) in [7, 11) is 1.79. The van der Waals surface area contributed by atoms with Crippen LogP contribution in [0.15, 0.2) is 6.07 Å². The number of carbonyl (C=O) groups excluding carboxylic acids is 1. The third-order valence-corrected chi connectivity index (χ3v) is 3.12. The van der Waals surface area contributed by atoms with Gasteiger partial charge in [0.15, 0.2) is 0 Å². The average Bonchev–Trinajstić information content (AvgIpc) is 2.50. The van der Waals surface area contributed by atoms with E-state index >= 15 is 0 Å². The molecule has 0 aliphatic heterocycles. The van der Waals surface area contributed by atoms with Crippen molar-refractivity contribution in [2.24, 2.45) is 0 Å². The van der Waals surface area contributed by atoms with E-state index in [2.05, 4.69) is 34.4 Å². The van der Waals surface area contributed by atoms with Crippen molar-refractivity contribution in [3.8, 4) is 0 Å². The van der Waals surface area contributed by atoms with Crippen LogP contribution in [0.1, 0.15) is 39.4 Å². The fraction of sp³-hybridized carbons (Fsp3) is 0.667. The Kier molecular flexibility index (Phi) is 7.50. The van der Waals surface area contributed by atoms with Gasteiger partial charge in [-0.25, -0.2) is 9.97 Å². The van der Waals surface area contributed by atoms with Gasteiger partial charge in [-0.2, -0.15) is 0 Å². The molecule has 0 fully saturated rings. The van der Waals surface area contributed by atoms with Gasteiger partial charge in [-0.15, -0.1) is 0 Å². The van der Waals surface area contributed by atoms with Crippen LogP contribution in [0.25, 0.3) is 0 Å². The predicted molar refractivity (Wildman–Crippen MR) is 86.6 cm³/mol. The minimum Gasteiger partial charge on any atom is -0.370 e. The van der Waals surface area contributed by atoms with Gasteiger partial charge < -0.3 is 15.5 Å². The number of nitrogens with one attached hydrogen (secondary N) is 2. The predicted octanol–water partition coefficient (Wildman–Crippen LogP) is 2.14. The summed E-state index contributed by atoms with van der Waals surface area (Å²) in [6.07, 6.45) is 2.86. The van der Waals surface area contributed by atoms with Crippen LogP contribution in [0, 0.1) is 0 Å². The second kappa shape index (κ2) is 9.15. The van der Waals surface area contributed by atoms with Gasteiger partial charge in [0, 0.05) is 32.6 Å². The van der Waals surface area contributed by atoms with E-state index in [9.17, 15) is 4.79 Å². The van der Waals surface area contributed by atoms with Crippen molar-refractivity contribution in [1.29, 1.82) is 0 Å². The highest BCUT2D eigenvalue weighted by Crippen LogP contribution is 2.12. The Morgan fingerprint density at radius 2 is 1.81 bits per heavy atom. The lowest BCUT2D eigenvalue weighted by Gasteiger charge is -2.15. The highest BCUT2D eigenvalue weighted by molar-refractivity contribution is 5.80. The smallest absolute Gasteiger partial charge is 0.241 e. The van der Waals surface area contributed by atoms with Crippen LogP contribution in [0.3, 0.4) is 0 Å². The maximum Gasteiger partial charge on any atom is 0.241 e. The molecule has 0 saturated carbocycles. The molecule has 0 spiro atoms. The van der Waals surface area contributed by atoms with E-state index in [0.717, 1.165) is 37.4 Å². The average molecular weight is 293 g/mol. The summed E-state index contributed by atoms with van der Waals surface area (Å²) in [6, 6.07) is 1.86. The molecule has 1 aromatic heterocycles. The van der Waals surface area contributed by atoms with E-state index in [1.165, 1.54) is 0 Å². The standard InChI is InChI=1S/C15H27N5O/c1-5-8-12-18-13(16-9-6-2)10-14(19-12)17-11-15(21)20(4)7-3/h10H,5-9,11H2,1-4H3,(H2,16,17,18,19). The number of nitrogens with zero attached hydrogens (tertiary/aromatic N) is 3. The highest BCUT2D eigenvalue weighted by atomic mass is 16.2. The molecule has 0 aromatic carbocycles. The second-order valence-electron chi connectivity index (χ2n) is 4.99. The number of amides is 1. The quantitative estimate of drug-likeness (QED) is 0.730. The summed E-state index contributed by atoms with van der Waals surface area (Å²) in [5, 5.41) is 6.36. The number of anilines is 2. The normalized spacial score (nSPS) is 10.3. The van der Waals surface area contributed by atoms with Gasteiger partial charge in [0.05, 0.1) is 6.54 Å². The fourth-order valence-electron chi connectivity index (χ4n) is 1.74. The van der Waals surface area contributed by atoms with Gasteiger partial charge in [0.1, 0.15) is 17.5 Å². The first-order valence-electron chi connectivity index (χ1n) is 7.70. The van der Waals surface area contributed by atoms with Crippen molar-refractivity contribution in [2.45, 2.75) is 40.0 Å². The molecular weight excluding hydrogens is 266 g/mol.